The Bertz CT molecular complexity index is 500. The highest BCUT2D eigenvalue weighted by Crippen LogP contribution is 2.24. The van der Waals surface area contributed by atoms with Gasteiger partial charge in [0.1, 0.15) is 0 Å². The highest BCUT2D eigenvalue weighted by atomic mass is 35.5. The number of benzene rings is 1. The van der Waals surface area contributed by atoms with Gasteiger partial charge in [0.05, 0.1) is 28.8 Å². The van der Waals surface area contributed by atoms with Gasteiger partial charge in [0.25, 0.3) is 0 Å². The first-order valence-electron chi connectivity index (χ1n) is 7.07. The molecule has 21 heavy (non-hydrogen) atoms. The second kappa shape index (κ2) is 7.45. The first kappa shape index (κ1) is 16.6. The van der Waals surface area contributed by atoms with Crippen LogP contribution in [0, 0.1) is 0 Å². The molecule has 1 aromatic carbocycles. The van der Waals surface area contributed by atoms with Crippen LogP contribution in [-0.4, -0.2) is 36.0 Å². The van der Waals surface area contributed by atoms with Gasteiger partial charge in [-0.3, -0.25) is 4.79 Å². The molecule has 0 saturated carbocycles. The Morgan fingerprint density at radius 3 is 2.62 bits per heavy atom. The van der Waals surface area contributed by atoms with E-state index in [4.69, 9.17) is 33.7 Å². The predicted molar refractivity (Wildman–Crippen MR) is 84.5 cm³/mol. The van der Waals surface area contributed by atoms with Gasteiger partial charge in [-0.1, -0.05) is 29.3 Å². The van der Waals surface area contributed by atoms with Gasteiger partial charge >= 0.3 is 0 Å². The number of halogens is 2. The lowest BCUT2D eigenvalue weighted by molar-refractivity contribution is -0.135. The second-order valence-corrected chi connectivity index (χ2v) is 6.19. The number of carbonyl (C=O) groups excluding carboxylic acids is 1. The van der Waals surface area contributed by atoms with Crippen LogP contribution in [0.25, 0.3) is 0 Å². The summed E-state index contributed by atoms with van der Waals surface area (Å²) >= 11 is 11.9. The van der Waals surface area contributed by atoms with E-state index in [0.29, 0.717) is 29.7 Å². The van der Waals surface area contributed by atoms with Crippen LogP contribution in [0.1, 0.15) is 25.3 Å². The summed E-state index contributed by atoms with van der Waals surface area (Å²) in [7, 11) is 0. The molecule has 0 aromatic heterocycles. The van der Waals surface area contributed by atoms with Crippen LogP contribution in [0.3, 0.4) is 0 Å². The number of piperidine rings is 1. The van der Waals surface area contributed by atoms with E-state index in [2.05, 4.69) is 0 Å². The van der Waals surface area contributed by atoms with Crippen LogP contribution in [-0.2, 0) is 16.1 Å². The van der Waals surface area contributed by atoms with Crippen molar-refractivity contribution in [2.24, 2.45) is 5.73 Å². The van der Waals surface area contributed by atoms with E-state index < -0.39 is 6.04 Å². The maximum absolute atomic E-state index is 11.8. The number of rotatable bonds is 4. The lowest BCUT2D eigenvalue weighted by Crippen LogP contribution is -2.47. The summed E-state index contributed by atoms with van der Waals surface area (Å²) in [6.45, 7) is 3.62. The fourth-order valence-electron chi connectivity index (χ4n) is 2.37. The van der Waals surface area contributed by atoms with Crippen molar-refractivity contribution in [3.05, 3.63) is 33.8 Å². The lowest BCUT2D eigenvalue weighted by Gasteiger charge is -2.32. The van der Waals surface area contributed by atoms with Crippen molar-refractivity contribution in [3.8, 4) is 0 Å². The first-order chi connectivity index (χ1) is 9.97. The normalized spacial score (nSPS) is 17.8. The minimum absolute atomic E-state index is 0.0120. The molecule has 2 rings (SSSR count). The molecule has 6 heteroatoms. The minimum atomic E-state index is -0.432. The van der Waals surface area contributed by atoms with Crippen LogP contribution in [0.2, 0.25) is 10.0 Å². The van der Waals surface area contributed by atoms with Crippen molar-refractivity contribution in [2.45, 2.75) is 38.5 Å². The Morgan fingerprint density at radius 1 is 1.38 bits per heavy atom. The van der Waals surface area contributed by atoms with Gasteiger partial charge in [-0.15, -0.1) is 0 Å². The van der Waals surface area contributed by atoms with Gasteiger partial charge in [0.2, 0.25) is 5.91 Å². The highest BCUT2D eigenvalue weighted by molar-refractivity contribution is 6.42. The zero-order chi connectivity index (χ0) is 15.4. The largest absolute Gasteiger partial charge is 0.373 e. The maximum atomic E-state index is 11.8. The van der Waals surface area contributed by atoms with Crippen LogP contribution < -0.4 is 5.73 Å². The van der Waals surface area contributed by atoms with Crippen molar-refractivity contribution >= 4 is 29.1 Å². The van der Waals surface area contributed by atoms with Crippen molar-refractivity contribution in [2.75, 3.05) is 13.1 Å². The Labute approximate surface area is 135 Å². The summed E-state index contributed by atoms with van der Waals surface area (Å²) in [6.07, 6.45) is 1.83. The molecular weight excluding hydrogens is 311 g/mol. The molecule has 1 amide bonds. The summed E-state index contributed by atoms with van der Waals surface area (Å²) in [5.41, 5.74) is 6.62. The molecule has 1 heterocycles. The molecule has 4 nitrogen and oxygen atoms in total. The Hall–Kier alpha value is -0.810. The number of carbonyl (C=O) groups is 1. The lowest BCUT2D eigenvalue weighted by atomic mass is 10.1. The Morgan fingerprint density at radius 2 is 2.05 bits per heavy atom. The van der Waals surface area contributed by atoms with Crippen LogP contribution >= 0.6 is 23.2 Å². The molecule has 0 aliphatic carbocycles. The third-order valence-electron chi connectivity index (χ3n) is 3.61. The smallest absolute Gasteiger partial charge is 0.239 e. The van der Waals surface area contributed by atoms with Gasteiger partial charge in [-0.05, 0) is 37.5 Å². The number of hydrogen-bond acceptors (Lipinski definition) is 3. The second-order valence-electron chi connectivity index (χ2n) is 5.37. The van der Waals surface area contributed by atoms with E-state index in [1.54, 1.807) is 13.0 Å². The minimum Gasteiger partial charge on any atom is -0.373 e. The molecule has 1 atom stereocenters. The van der Waals surface area contributed by atoms with Crippen LogP contribution in [0.4, 0.5) is 0 Å². The number of nitrogens with two attached hydrogens (primary N) is 1. The van der Waals surface area contributed by atoms with Crippen molar-refractivity contribution in [3.63, 3.8) is 0 Å². The summed E-state index contributed by atoms with van der Waals surface area (Å²) in [4.78, 5) is 13.6. The molecule has 0 bridgehead atoms. The van der Waals surface area contributed by atoms with Gasteiger partial charge in [-0.2, -0.15) is 0 Å². The van der Waals surface area contributed by atoms with E-state index in [1.807, 2.05) is 17.0 Å². The van der Waals surface area contributed by atoms with E-state index in [1.165, 1.54) is 0 Å². The fraction of sp³-hybridized carbons (Fsp3) is 0.533. The summed E-state index contributed by atoms with van der Waals surface area (Å²) in [5, 5.41) is 1.08. The fourth-order valence-corrected chi connectivity index (χ4v) is 2.70. The zero-order valence-electron chi connectivity index (χ0n) is 12.0. The predicted octanol–water partition coefficient (Wildman–Crippen LogP) is 2.85. The molecule has 1 aromatic rings. The zero-order valence-corrected chi connectivity index (χ0v) is 13.5. The van der Waals surface area contributed by atoms with Crippen molar-refractivity contribution in [1.82, 2.24) is 4.90 Å². The average molecular weight is 331 g/mol. The van der Waals surface area contributed by atoms with E-state index in [9.17, 15) is 4.79 Å². The third kappa shape index (κ3) is 4.58. The standard InChI is InChI=1S/C15H20Cl2N2O2/c1-10(18)15(20)19-6-4-12(5-7-19)21-9-11-2-3-13(16)14(17)8-11/h2-3,8,10,12H,4-7,9,18H2,1H3/t10-/m0/s1. The average Bonchev–Trinajstić information content (AvgIpc) is 2.48. The number of amides is 1. The Kier molecular flexibility index (Phi) is 5.88. The molecule has 116 valence electrons. The van der Waals surface area contributed by atoms with Gasteiger partial charge in [0, 0.05) is 13.1 Å². The quantitative estimate of drug-likeness (QED) is 0.923. The van der Waals surface area contributed by atoms with Crippen LogP contribution in [0.5, 0.6) is 0 Å². The number of hydrogen-bond donors (Lipinski definition) is 1. The summed E-state index contributed by atoms with van der Waals surface area (Å²) < 4.78 is 5.88. The number of nitrogens with zero attached hydrogens (tertiary/aromatic N) is 1. The van der Waals surface area contributed by atoms with E-state index >= 15 is 0 Å². The van der Waals surface area contributed by atoms with Crippen molar-refractivity contribution < 1.29 is 9.53 Å². The topological polar surface area (TPSA) is 55.6 Å². The monoisotopic (exact) mass is 330 g/mol. The van der Waals surface area contributed by atoms with Crippen LogP contribution in [0.15, 0.2) is 18.2 Å². The molecule has 0 unspecified atom stereocenters. The number of ether oxygens (including phenoxy) is 1. The molecule has 0 radical (unpaired) electrons. The molecular formula is C15H20Cl2N2O2. The maximum Gasteiger partial charge on any atom is 0.239 e. The van der Waals surface area contributed by atoms with E-state index in [0.717, 1.165) is 18.4 Å². The number of likely N-dealkylation sites (tertiary alicyclic amines) is 1. The van der Waals surface area contributed by atoms with E-state index in [-0.39, 0.29) is 12.0 Å². The molecule has 1 aliphatic rings. The highest BCUT2D eigenvalue weighted by Gasteiger charge is 2.24. The summed E-state index contributed by atoms with van der Waals surface area (Å²) in [5.74, 6) is 0.0120. The van der Waals surface area contributed by atoms with Gasteiger partial charge in [0.15, 0.2) is 0 Å². The van der Waals surface area contributed by atoms with Gasteiger partial charge < -0.3 is 15.4 Å². The first-order valence-corrected chi connectivity index (χ1v) is 7.83. The molecule has 2 N–H and O–H groups in total. The van der Waals surface area contributed by atoms with Gasteiger partial charge in [-0.25, -0.2) is 0 Å². The molecule has 0 spiro atoms. The Balaban J connectivity index is 1.78. The van der Waals surface area contributed by atoms with Crippen molar-refractivity contribution in [1.29, 1.82) is 0 Å². The molecule has 1 saturated heterocycles. The molecule has 1 fully saturated rings. The third-order valence-corrected chi connectivity index (χ3v) is 4.35. The summed E-state index contributed by atoms with van der Waals surface area (Å²) in [6, 6.07) is 5.06. The molecule has 1 aliphatic heterocycles. The SMILES string of the molecule is C[C@H](N)C(=O)N1CCC(OCc2ccc(Cl)c(Cl)c2)CC1.